The van der Waals surface area contributed by atoms with E-state index in [0.717, 1.165) is 5.75 Å². The Bertz CT molecular complexity index is 95.7. The lowest BCUT2D eigenvalue weighted by Gasteiger charge is -1.95. The molecule has 0 aliphatic carbocycles. The van der Waals surface area contributed by atoms with Gasteiger partial charge in [0.05, 0.1) is 26.0 Å². The van der Waals surface area contributed by atoms with Gasteiger partial charge in [-0.15, -0.1) is 0 Å². The maximum absolute atomic E-state index is 10.5. The number of hydrogen-bond acceptors (Lipinski definition) is 2. The second-order valence-corrected chi connectivity index (χ2v) is 4.40. The number of esters is 1. The van der Waals surface area contributed by atoms with Crippen LogP contribution in [0, 0.1) is 0 Å². The van der Waals surface area contributed by atoms with Crippen LogP contribution in [0.15, 0.2) is 0 Å². The Morgan fingerprint density at radius 3 is 2.30 bits per heavy atom. The highest BCUT2D eigenvalue weighted by Gasteiger charge is 2.06. The molecule has 10 heavy (non-hydrogen) atoms. The van der Waals surface area contributed by atoms with Crippen LogP contribution in [0.3, 0.4) is 0 Å². The molecule has 0 aliphatic heterocycles. The van der Waals surface area contributed by atoms with Gasteiger partial charge in [-0.05, 0) is 10.9 Å². The van der Waals surface area contributed by atoms with Crippen molar-refractivity contribution in [1.29, 1.82) is 0 Å². The van der Waals surface area contributed by atoms with Crippen LogP contribution in [-0.4, -0.2) is 31.3 Å². The molecule has 0 spiro atoms. The van der Waals surface area contributed by atoms with Gasteiger partial charge >= 0.3 is 5.97 Å². The molecule has 2 nitrogen and oxygen atoms in total. The molecule has 0 fully saturated rings. The average molecular weight is 276 g/mol. The summed E-state index contributed by atoms with van der Waals surface area (Å²) in [6.45, 7) is 0. The molecule has 0 atom stereocenters. The van der Waals surface area contributed by atoms with Gasteiger partial charge in [0.25, 0.3) is 0 Å². The molecule has 0 saturated carbocycles. The number of halogens is 1. The third-order valence-corrected chi connectivity index (χ3v) is 1.96. The van der Waals surface area contributed by atoms with Crippen LogP contribution >= 0.6 is 0 Å². The molecule has 0 aromatic heterocycles. The van der Waals surface area contributed by atoms with Crippen molar-refractivity contribution < 1.29 is 33.5 Å². The zero-order valence-electron chi connectivity index (χ0n) is 6.52. The van der Waals surface area contributed by atoms with Crippen molar-refractivity contribution in [1.82, 2.24) is 0 Å². The third-order valence-electron chi connectivity index (χ3n) is 0.942. The van der Waals surface area contributed by atoms with E-state index in [1.165, 1.54) is 7.11 Å². The van der Waals surface area contributed by atoms with Gasteiger partial charge in [0.1, 0.15) is 5.75 Å². The van der Waals surface area contributed by atoms with E-state index in [2.05, 4.69) is 17.2 Å². The summed E-state index contributed by atoms with van der Waals surface area (Å²) in [5.74, 6) is 0.850. The van der Waals surface area contributed by atoms with Gasteiger partial charge < -0.3 is 28.7 Å². The predicted octanol–water partition coefficient (Wildman–Crippen LogP) is -2.57. The topological polar surface area (TPSA) is 26.3 Å². The molecule has 4 heteroatoms. The first-order valence-electron chi connectivity index (χ1n) is 2.78. The Morgan fingerprint density at radius 1 is 1.50 bits per heavy atom. The smallest absolute Gasteiger partial charge is 0.310 e. The molecular weight excluding hydrogens is 263 g/mol. The normalized spacial score (nSPS) is 8.80. The highest BCUT2D eigenvalue weighted by Crippen LogP contribution is 1.90. The Balaban J connectivity index is 0. The standard InChI is InChI=1S/C6H13O2S.HI/c1-8-6(7)4-5-9(2)3;/h4-5H2,1-3H3;1H/q+1;/p-1. The predicted molar refractivity (Wildman–Crippen MR) is 40.7 cm³/mol. The number of rotatable bonds is 3. The highest BCUT2D eigenvalue weighted by molar-refractivity contribution is 7.95. The summed E-state index contributed by atoms with van der Waals surface area (Å²) in [5.41, 5.74) is 0. The van der Waals surface area contributed by atoms with Crippen LogP contribution in [-0.2, 0) is 20.4 Å². The SMILES string of the molecule is COC(=O)CC[S+](C)C.[I-]. The largest absolute Gasteiger partial charge is 1.00 e. The van der Waals surface area contributed by atoms with E-state index in [9.17, 15) is 4.79 Å². The lowest BCUT2D eigenvalue weighted by atomic mass is 10.5. The zero-order chi connectivity index (χ0) is 7.28. The summed E-state index contributed by atoms with van der Waals surface area (Å²) in [4.78, 5) is 10.5. The number of methoxy groups -OCH3 is 1. The van der Waals surface area contributed by atoms with Crippen LogP contribution in [0.4, 0.5) is 0 Å². The van der Waals surface area contributed by atoms with E-state index in [-0.39, 0.29) is 29.9 Å². The van der Waals surface area contributed by atoms with E-state index < -0.39 is 0 Å². The maximum atomic E-state index is 10.5. The Morgan fingerprint density at radius 2 is 2.00 bits per heavy atom. The van der Waals surface area contributed by atoms with Crippen LogP contribution in [0.25, 0.3) is 0 Å². The molecule has 0 aromatic rings. The van der Waals surface area contributed by atoms with E-state index in [4.69, 9.17) is 0 Å². The second kappa shape index (κ2) is 7.65. The van der Waals surface area contributed by atoms with Gasteiger partial charge in [0, 0.05) is 0 Å². The maximum Gasteiger partial charge on any atom is 0.310 e. The first-order valence-corrected chi connectivity index (χ1v) is 4.99. The molecule has 0 radical (unpaired) electrons. The first kappa shape index (κ1) is 13.2. The Kier molecular flexibility index (Phi) is 10.1. The van der Waals surface area contributed by atoms with Gasteiger partial charge in [-0.3, -0.25) is 4.79 Å². The minimum absolute atomic E-state index is 0. The molecule has 62 valence electrons. The molecule has 0 unspecified atom stereocenters. The number of ether oxygens (including phenoxy) is 1. The second-order valence-electron chi connectivity index (χ2n) is 2.02. The third kappa shape index (κ3) is 8.55. The lowest BCUT2D eigenvalue weighted by Crippen LogP contribution is -3.00. The average Bonchev–Trinajstić information content (AvgIpc) is 1.83. The quantitative estimate of drug-likeness (QED) is 0.322. The van der Waals surface area contributed by atoms with Gasteiger partial charge in [0.15, 0.2) is 0 Å². The lowest BCUT2D eigenvalue weighted by molar-refractivity contribution is -0.140. The molecule has 0 N–H and O–H groups in total. The fraction of sp³-hybridized carbons (Fsp3) is 0.833. The molecule has 0 saturated heterocycles. The van der Waals surface area contributed by atoms with E-state index in [0.29, 0.717) is 17.3 Å². The minimum atomic E-state index is -0.101. The van der Waals surface area contributed by atoms with Crippen molar-refractivity contribution in [3.05, 3.63) is 0 Å². The summed E-state index contributed by atoms with van der Waals surface area (Å²) in [6, 6.07) is 0. The van der Waals surface area contributed by atoms with E-state index in [1.807, 2.05) is 0 Å². The Hall–Kier alpha value is 0.550. The molecule has 0 bridgehead atoms. The van der Waals surface area contributed by atoms with Crippen LogP contribution in [0.5, 0.6) is 0 Å². The zero-order valence-corrected chi connectivity index (χ0v) is 9.49. The van der Waals surface area contributed by atoms with Crippen LogP contribution < -0.4 is 24.0 Å². The molecule has 0 aliphatic rings. The number of carbonyl (C=O) groups is 1. The van der Waals surface area contributed by atoms with Crippen molar-refractivity contribution >= 4 is 16.9 Å². The van der Waals surface area contributed by atoms with Crippen molar-refractivity contribution in [3.8, 4) is 0 Å². The summed E-state index contributed by atoms with van der Waals surface area (Å²) in [5, 5.41) is 0. The summed E-state index contributed by atoms with van der Waals surface area (Å²) < 4.78 is 4.47. The van der Waals surface area contributed by atoms with Gasteiger partial charge in [-0.1, -0.05) is 0 Å². The summed E-state index contributed by atoms with van der Waals surface area (Å²) >= 11 is 0. The number of carbonyl (C=O) groups excluding carboxylic acids is 1. The number of hydrogen-bond donors (Lipinski definition) is 0. The first-order chi connectivity index (χ1) is 4.16. The van der Waals surface area contributed by atoms with Gasteiger partial charge in [0.2, 0.25) is 0 Å². The van der Waals surface area contributed by atoms with Crippen molar-refractivity contribution in [2.45, 2.75) is 6.42 Å². The van der Waals surface area contributed by atoms with Crippen LogP contribution in [0.2, 0.25) is 0 Å². The fourth-order valence-corrected chi connectivity index (χ4v) is 0.964. The van der Waals surface area contributed by atoms with Gasteiger partial charge in [-0.25, -0.2) is 0 Å². The molecule has 0 amide bonds. The monoisotopic (exact) mass is 276 g/mol. The summed E-state index contributed by atoms with van der Waals surface area (Å²) in [6.07, 6.45) is 4.79. The summed E-state index contributed by atoms with van der Waals surface area (Å²) in [7, 11) is 1.78. The molecule has 0 rings (SSSR count). The molecule has 0 aromatic carbocycles. The van der Waals surface area contributed by atoms with E-state index >= 15 is 0 Å². The molecular formula is C6H13IO2S. The molecule has 0 heterocycles. The highest BCUT2D eigenvalue weighted by atomic mass is 127. The van der Waals surface area contributed by atoms with E-state index in [1.54, 1.807) is 0 Å². The Labute approximate surface area is 82.1 Å². The van der Waals surface area contributed by atoms with Crippen LogP contribution in [0.1, 0.15) is 6.42 Å². The van der Waals surface area contributed by atoms with Gasteiger partial charge in [-0.2, -0.15) is 0 Å². The van der Waals surface area contributed by atoms with Crippen molar-refractivity contribution in [2.24, 2.45) is 0 Å². The van der Waals surface area contributed by atoms with Crippen molar-refractivity contribution in [3.63, 3.8) is 0 Å². The minimum Gasteiger partial charge on any atom is -1.00 e. The van der Waals surface area contributed by atoms with Crippen molar-refractivity contribution in [2.75, 3.05) is 25.4 Å². The fourth-order valence-electron chi connectivity index (χ4n) is 0.390.